The minimum atomic E-state index is -0.0534. The first-order valence-corrected chi connectivity index (χ1v) is 8.57. The largest absolute Gasteiger partial charge is 0.350 e. The standard InChI is InChI=1S/C18H22N4O2.ClH/c23-18(17-12-16(20-24-17)14-4-2-1-3-5-14)22-9-6-15(13-22)21-10-7-19-8-11-21;/h1-5,12,15,19H,6-11,13H2;1H. The molecule has 0 aliphatic carbocycles. The van der Waals surface area contributed by atoms with E-state index in [0.29, 0.717) is 17.5 Å². The Bertz CT molecular complexity index is 700. The number of rotatable bonds is 3. The summed E-state index contributed by atoms with van der Waals surface area (Å²) in [6, 6.07) is 12.0. The molecule has 7 heteroatoms. The second-order valence-corrected chi connectivity index (χ2v) is 6.42. The lowest BCUT2D eigenvalue weighted by Gasteiger charge is -2.32. The van der Waals surface area contributed by atoms with Crippen molar-refractivity contribution in [3.05, 3.63) is 42.2 Å². The SMILES string of the molecule is Cl.O=C(c1cc(-c2ccccc2)no1)N1CCC(N2CCNCC2)C1. The topological polar surface area (TPSA) is 61.6 Å². The normalized spacial score (nSPS) is 21.1. The molecular weight excluding hydrogens is 340 g/mol. The Kier molecular flexibility index (Phi) is 5.73. The minimum Gasteiger partial charge on any atom is -0.350 e. The molecule has 0 spiro atoms. The molecule has 3 heterocycles. The molecule has 1 unspecified atom stereocenters. The fourth-order valence-corrected chi connectivity index (χ4v) is 3.55. The highest BCUT2D eigenvalue weighted by Crippen LogP contribution is 2.22. The molecule has 0 saturated carbocycles. The van der Waals surface area contributed by atoms with Crippen LogP contribution in [0.15, 0.2) is 40.9 Å². The van der Waals surface area contributed by atoms with Crippen molar-refractivity contribution in [2.24, 2.45) is 0 Å². The summed E-state index contributed by atoms with van der Waals surface area (Å²) < 4.78 is 5.31. The average molecular weight is 363 g/mol. The van der Waals surface area contributed by atoms with Gasteiger partial charge in [-0.2, -0.15) is 0 Å². The van der Waals surface area contributed by atoms with E-state index in [1.54, 1.807) is 6.07 Å². The number of piperazine rings is 1. The van der Waals surface area contributed by atoms with Crippen LogP contribution < -0.4 is 5.32 Å². The number of halogens is 1. The van der Waals surface area contributed by atoms with Gasteiger partial charge in [-0.05, 0) is 6.42 Å². The molecule has 2 fully saturated rings. The van der Waals surface area contributed by atoms with Crippen molar-refractivity contribution >= 4 is 18.3 Å². The van der Waals surface area contributed by atoms with Gasteiger partial charge in [-0.3, -0.25) is 9.69 Å². The molecule has 6 nitrogen and oxygen atoms in total. The number of hydrogen-bond donors (Lipinski definition) is 1. The van der Waals surface area contributed by atoms with Gasteiger partial charge >= 0.3 is 0 Å². The van der Waals surface area contributed by atoms with Crippen LogP contribution in [-0.4, -0.2) is 66.2 Å². The maximum absolute atomic E-state index is 12.7. The van der Waals surface area contributed by atoms with Gasteiger partial charge in [0.1, 0.15) is 5.69 Å². The summed E-state index contributed by atoms with van der Waals surface area (Å²) in [5.41, 5.74) is 1.66. The van der Waals surface area contributed by atoms with Crippen molar-refractivity contribution in [3.8, 4) is 11.3 Å². The lowest BCUT2D eigenvalue weighted by Crippen LogP contribution is -2.49. The van der Waals surface area contributed by atoms with Gasteiger partial charge < -0.3 is 14.7 Å². The third-order valence-electron chi connectivity index (χ3n) is 4.91. The molecule has 25 heavy (non-hydrogen) atoms. The van der Waals surface area contributed by atoms with E-state index in [1.807, 2.05) is 35.2 Å². The van der Waals surface area contributed by atoms with Crippen LogP contribution in [0.5, 0.6) is 0 Å². The first kappa shape index (κ1) is 17.9. The van der Waals surface area contributed by atoms with E-state index in [-0.39, 0.29) is 18.3 Å². The van der Waals surface area contributed by atoms with Gasteiger partial charge in [-0.25, -0.2) is 0 Å². The summed E-state index contributed by atoms with van der Waals surface area (Å²) in [6.07, 6.45) is 1.03. The van der Waals surface area contributed by atoms with Gasteiger partial charge in [-0.15, -0.1) is 12.4 Å². The Hall–Kier alpha value is -1.89. The number of nitrogens with one attached hydrogen (secondary N) is 1. The fraction of sp³-hybridized carbons (Fsp3) is 0.444. The summed E-state index contributed by atoms with van der Waals surface area (Å²) in [7, 11) is 0. The summed E-state index contributed by atoms with van der Waals surface area (Å²) in [6.45, 7) is 5.76. The Morgan fingerprint density at radius 3 is 2.68 bits per heavy atom. The van der Waals surface area contributed by atoms with Crippen molar-refractivity contribution in [1.82, 2.24) is 20.3 Å². The predicted molar refractivity (Wildman–Crippen MR) is 97.9 cm³/mol. The van der Waals surface area contributed by atoms with E-state index in [0.717, 1.165) is 51.3 Å². The molecule has 2 saturated heterocycles. The molecule has 2 aromatic rings. The number of amides is 1. The summed E-state index contributed by atoms with van der Waals surface area (Å²) in [4.78, 5) is 17.1. The van der Waals surface area contributed by atoms with Crippen LogP contribution >= 0.6 is 12.4 Å². The predicted octanol–water partition coefficient (Wildman–Crippen LogP) is 1.88. The second kappa shape index (κ2) is 7.99. The molecule has 0 radical (unpaired) electrons. The average Bonchev–Trinajstić information content (AvgIpc) is 3.33. The molecule has 1 aromatic heterocycles. The third kappa shape index (κ3) is 3.86. The Balaban J connectivity index is 0.00000182. The molecule has 1 aromatic carbocycles. The molecular formula is C18H23ClN4O2. The van der Waals surface area contributed by atoms with E-state index < -0.39 is 0 Å². The summed E-state index contributed by atoms with van der Waals surface area (Å²) >= 11 is 0. The van der Waals surface area contributed by atoms with E-state index in [9.17, 15) is 4.79 Å². The van der Waals surface area contributed by atoms with Crippen molar-refractivity contribution in [3.63, 3.8) is 0 Å². The Morgan fingerprint density at radius 1 is 1.16 bits per heavy atom. The van der Waals surface area contributed by atoms with Crippen LogP contribution in [-0.2, 0) is 0 Å². The molecule has 4 rings (SSSR count). The zero-order chi connectivity index (χ0) is 16.4. The highest BCUT2D eigenvalue weighted by atomic mass is 35.5. The Labute approximate surface area is 153 Å². The number of likely N-dealkylation sites (tertiary alicyclic amines) is 1. The first-order chi connectivity index (χ1) is 11.8. The monoisotopic (exact) mass is 362 g/mol. The van der Waals surface area contributed by atoms with E-state index in [1.165, 1.54) is 0 Å². The lowest BCUT2D eigenvalue weighted by molar-refractivity contribution is 0.0732. The van der Waals surface area contributed by atoms with Gasteiger partial charge in [0.05, 0.1) is 0 Å². The maximum atomic E-state index is 12.7. The van der Waals surface area contributed by atoms with Crippen LogP contribution in [0.1, 0.15) is 17.0 Å². The van der Waals surface area contributed by atoms with Crippen molar-refractivity contribution in [1.29, 1.82) is 0 Å². The first-order valence-electron chi connectivity index (χ1n) is 8.57. The van der Waals surface area contributed by atoms with Crippen LogP contribution in [0.2, 0.25) is 0 Å². The zero-order valence-electron chi connectivity index (χ0n) is 14.1. The van der Waals surface area contributed by atoms with Crippen molar-refractivity contribution in [2.45, 2.75) is 12.5 Å². The number of carbonyl (C=O) groups is 1. The van der Waals surface area contributed by atoms with Gasteiger partial charge in [0.2, 0.25) is 5.76 Å². The van der Waals surface area contributed by atoms with Gasteiger partial charge in [0.15, 0.2) is 0 Å². The molecule has 2 aliphatic rings. The number of carbonyl (C=O) groups excluding carboxylic acids is 1. The highest BCUT2D eigenvalue weighted by molar-refractivity contribution is 5.92. The van der Waals surface area contributed by atoms with Gasteiger partial charge in [0, 0.05) is 56.9 Å². The van der Waals surface area contributed by atoms with E-state index >= 15 is 0 Å². The molecule has 0 bridgehead atoms. The van der Waals surface area contributed by atoms with E-state index in [2.05, 4.69) is 15.4 Å². The van der Waals surface area contributed by atoms with Crippen LogP contribution in [0.3, 0.4) is 0 Å². The summed E-state index contributed by atoms with van der Waals surface area (Å²) in [5.74, 6) is 0.275. The molecule has 2 aliphatic heterocycles. The van der Waals surface area contributed by atoms with Crippen LogP contribution in [0, 0.1) is 0 Å². The van der Waals surface area contributed by atoms with Gasteiger partial charge in [0.25, 0.3) is 5.91 Å². The summed E-state index contributed by atoms with van der Waals surface area (Å²) in [5, 5.41) is 7.42. The second-order valence-electron chi connectivity index (χ2n) is 6.42. The quantitative estimate of drug-likeness (QED) is 0.903. The van der Waals surface area contributed by atoms with Crippen LogP contribution in [0.4, 0.5) is 0 Å². The van der Waals surface area contributed by atoms with Crippen molar-refractivity contribution < 1.29 is 9.32 Å². The molecule has 134 valence electrons. The Morgan fingerprint density at radius 2 is 1.92 bits per heavy atom. The lowest BCUT2D eigenvalue weighted by atomic mass is 10.1. The highest BCUT2D eigenvalue weighted by Gasteiger charge is 2.32. The minimum absolute atomic E-state index is 0. The number of benzene rings is 1. The molecule has 1 atom stereocenters. The van der Waals surface area contributed by atoms with Gasteiger partial charge in [-0.1, -0.05) is 35.5 Å². The van der Waals surface area contributed by atoms with Crippen LogP contribution in [0.25, 0.3) is 11.3 Å². The zero-order valence-corrected chi connectivity index (χ0v) is 14.9. The smallest absolute Gasteiger partial charge is 0.292 e. The molecule has 1 N–H and O–H groups in total. The maximum Gasteiger partial charge on any atom is 0.292 e. The van der Waals surface area contributed by atoms with E-state index in [4.69, 9.17) is 4.52 Å². The van der Waals surface area contributed by atoms with Crippen molar-refractivity contribution in [2.75, 3.05) is 39.3 Å². The molecule has 1 amide bonds. The number of hydrogen-bond acceptors (Lipinski definition) is 5. The third-order valence-corrected chi connectivity index (χ3v) is 4.91. The number of aromatic nitrogens is 1. The fourth-order valence-electron chi connectivity index (χ4n) is 3.55. The number of nitrogens with zero attached hydrogens (tertiary/aromatic N) is 3.